The summed E-state index contributed by atoms with van der Waals surface area (Å²) >= 11 is 5.88. The number of hydrogen-bond acceptors (Lipinski definition) is 2. The molecule has 0 bridgehead atoms. The summed E-state index contributed by atoms with van der Waals surface area (Å²) in [6.07, 6.45) is 1.75. The van der Waals surface area contributed by atoms with Crippen LogP contribution in [0.25, 0.3) is 0 Å². The van der Waals surface area contributed by atoms with Gasteiger partial charge in [0.25, 0.3) is 0 Å². The summed E-state index contributed by atoms with van der Waals surface area (Å²) in [5.41, 5.74) is 6.15. The predicted octanol–water partition coefficient (Wildman–Crippen LogP) is 4.09. The van der Waals surface area contributed by atoms with E-state index in [1.807, 2.05) is 55.5 Å². The fourth-order valence-corrected chi connectivity index (χ4v) is 1.66. The predicted molar refractivity (Wildman–Crippen MR) is 73.8 cm³/mol. The molecule has 17 heavy (non-hydrogen) atoms. The lowest BCUT2D eigenvalue weighted by Gasteiger charge is -2.03. The van der Waals surface area contributed by atoms with Crippen LogP contribution in [0.15, 0.2) is 53.6 Å². The third kappa shape index (κ3) is 3.33. The van der Waals surface area contributed by atoms with E-state index in [0.29, 0.717) is 5.02 Å². The number of nitrogens with zero attached hydrogens (tertiary/aromatic N) is 1. The second-order valence-electron chi connectivity index (χ2n) is 3.74. The molecule has 0 saturated heterocycles. The van der Waals surface area contributed by atoms with E-state index in [1.54, 1.807) is 6.21 Å². The van der Waals surface area contributed by atoms with Crippen LogP contribution in [0.2, 0.25) is 5.02 Å². The van der Waals surface area contributed by atoms with Crippen molar-refractivity contribution in [2.75, 3.05) is 5.43 Å². The fraction of sp³-hybridized carbons (Fsp3) is 0.0714. The zero-order valence-electron chi connectivity index (χ0n) is 9.52. The van der Waals surface area contributed by atoms with Gasteiger partial charge in [0, 0.05) is 5.02 Å². The first-order valence-corrected chi connectivity index (χ1v) is 5.74. The molecule has 0 saturated carbocycles. The number of hydrogen-bond donors (Lipinski definition) is 1. The first-order chi connectivity index (χ1) is 8.25. The van der Waals surface area contributed by atoms with Crippen molar-refractivity contribution in [3.63, 3.8) is 0 Å². The van der Waals surface area contributed by atoms with Crippen LogP contribution in [-0.2, 0) is 0 Å². The fourth-order valence-electron chi connectivity index (χ4n) is 1.46. The van der Waals surface area contributed by atoms with Crippen LogP contribution < -0.4 is 5.43 Å². The molecule has 0 amide bonds. The lowest BCUT2D eigenvalue weighted by atomic mass is 10.2. The zero-order chi connectivity index (χ0) is 12.1. The number of anilines is 1. The number of aryl methyl sites for hydroxylation is 1. The van der Waals surface area contributed by atoms with E-state index in [0.717, 1.165) is 16.8 Å². The lowest BCUT2D eigenvalue weighted by Crippen LogP contribution is -1.92. The number of halogens is 1. The highest BCUT2D eigenvalue weighted by molar-refractivity contribution is 6.30. The van der Waals surface area contributed by atoms with Gasteiger partial charge < -0.3 is 0 Å². The summed E-state index contributed by atoms with van der Waals surface area (Å²) in [5, 5.41) is 4.89. The minimum absolute atomic E-state index is 0.713. The number of rotatable bonds is 3. The Labute approximate surface area is 106 Å². The number of benzene rings is 2. The minimum Gasteiger partial charge on any atom is -0.278 e. The molecule has 2 nitrogen and oxygen atoms in total. The normalized spacial score (nSPS) is 10.7. The number of para-hydroxylation sites is 1. The summed E-state index contributed by atoms with van der Waals surface area (Å²) < 4.78 is 0. The molecule has 0 spiro atoms. The molecule has 0 fully saturated rings. The highest BCUT2D eigenvalue weighted by Crippen LogP contribution is 2.13. The average Bonchev–Trinajstić information content (AvgIpc) is 2.32. The van der Waals surface area contributed by atoms with Gasteiger partial charge >= 0.3 is 0 Å². The van der Waals surface area contributed by atoms with Crippen LogP contribution in [0, 0.1) is 6.92 Å². The van der Waals surface area contributed by atoms with E-state index >= 15 is 0 Å². The average molecular weight is 245 g/mol. The van der Waals surface area contributed by atoms with Crippen molar-refractivity contribution in [2.24, 2.45) is 5.10 Å². The van der Waals surface area contributed by atoms with Gasteiger partial charge in [-0.15, -0.1) is 0 Å². The van der Waals surface area contributed by atoms with Gasteiger partial charge in [-0.25, -0.2) is 0 Å². The molecule has 0 aliphatic heterocycles. The molecule has 1 N–H and O–H groups in total. The quantitative estimate of drug-likeness (QED) is 0.638. The molecule has 0 radical (unpaired) electrons. The molecule has 2 aromatic carbocycles. The summed E-state index contributed by atoms with van der Waals surface area (Å²) in [6, 6.07) is 15.6. The largest absolute Gasteiger partial charge is 0.278 e. The van der Waals surface area contributed by atoms with E-state index in [4.69, 9.17) is 11.6 Å². The molecule has 0 aliphatic carbocycles. The first kappa shape index (κ1) is 11.7. The van der Waals surface area contributed by atoms with Crippen molar-refractivity contribution in [3.8, 4) is 0 Å². The van der Waals surface area contributed by atoms with Gasteiger partial charge in [0.15, 0.2) is 0 Å². The Bertz CT molecular complexity index is 535. The molecule has 0 aromatic heterocycles. The van der Waals surface area contributed by atoms with Crippen molar-refractivity contribution in [1.29, 1.82) is 0 Å². The van der Waals surface area contributed by atoms with Crippen LogP contribution >= 0.6 is 11.6 Å². The van der Waals surface area contributed by atoms with Crippen molar-refractivity contribution in [1.82, 2.24) is 0 Å². The molecular formula is C14H13ClN2. The second kappa shape index (κ2) is 5.51. The summed E-state index contributed by atoms with van der Waals surface area (Å²) in [7, 11) is 0. The summed E-state index contributed by atoms with van der Waals surface area (Å²) in [6.45, 7) is 2.04. The standard InChI is InChI=1S/C14H13ClN2/c1-11-5-2-3-8-14(11)17-16-10-12-6-4-7-13(15)9-12/h2-10,17H,1H3/b16-10+. The van der Waals surface area contributed by atoms with E-state index < -0.39 is 0 Å². The smallest absolute Gasteiger partial charge is 0.0590 e. The summed E-state index contributed by atoms with van der Waals surface area (Å²) in [5.74, 6) is 0. The number of hydrazone groups is 1. The first-order valence-electron chi connectivity index (χ1n) is 5.36. The van der Waals surface area contributed by atoms with Gasteiger partial charge in [0.05, 0.1) is 11.9 Å². The van der Waals surface area contributed by atoms with Crippen molar-refractivity contribution in [3.05, 3.63) is 64.7 Å². The third-order valence-electron chi connectivity index (χ3n) is 2.39. The molecule has 2 aromatic rings. The molecule has 0 aliphatic rings. The molecule has 2 rings (SSSR count). The minimum atomic E-state index is 0.713. The third-order valence-corrected chi connectivity index (χ3v) is 2.63. The van der Waals surface area contributed by atoms with Crippen LogP contribution in [0.3, 0.4) is 0 Å². The van der Waals surface area contributed by atoms with Gasteiger partial charge in [-0.3, -0.25) is 5.43 Å². The van der Waals surface area contributed by atoms with Crippen molar-refractivity contribution in [2.45, 2.75) is 6.92 Å². The van der Waals surface area contributed by atoms with Gasteiger partial charge in [-0.1, -0.05) is 41.9 Å². The van der Waals surface area contributed by atoms with E-state index in [-0.39, 0.29) is 0 Å². The van der Waals surface area contributed by atoms with Crippen LogP contribution in [0.4, 0.5) is 5.69 Å². The van der Waals surface area contributed by atoms with Crippen LogP contribution in [0.5, 0.6) is 0 Å². The number of nitrogens with one attached hydrogen (secondary N) is 1. The highest BCUT2D eigenvalue weighted by atomic mass is 35.5. The topological polar surface area (TPSA) is 24.4 Å². The molecule has 0 heterocycles. The van der Waals surface area contributed by atoms with E-state index in [2.05, 4.69) is 10.5 Å². The van der Waals surface area contributed by atoms with E-state index in [1.165, 1.54) is 0 Å². The maximum absolute atomic E-state index is 5.88. The molecular weight excluding hydrogens is 232 g/mol. The molecule has 0 unspecified atom stereocenters. The Morgan fingerprint density at radius 1 is 1.12 bits per heavy atom. The Hall–Kier alpha value is -1.80. The lowest BCUT2D eigenvalue weighted by molar-refractivity contribution is 1.31. The van der Waals surface area contributed by atoms with Crippen molar-refractivity contribution < 1.29 is 0 Å². The maximum atomic E-state index is 5.88. The van der Waals surface area contributed by atoms with Gasteiger partial charge in [0.2, 0.25) is 0 Å². The summed E-state index contributed by atoms with van der Waals surface area (Å²) in [4.78, 5) is 0. The Kier molecular flexibility index (Phi) is 3.78. The SMILES string of the molecule is Cc1ccccc1N/N=C/c1cccc(Cl)c1. The Morgan fingerprint density at radius 2 is 1.94 bits per heavy atom. The maximum Gasteiger partial charge on any atom is 0.0590 e. The second-order valence-corrected chi connectivity index (χ2v) is 4.18. The Balaban J connectivity index is 2.06. The van der Waals surface area contributed by atoms with Gasteiger partial charge in [0.1, 0.15) is 0 Å². The van der Waals surface area contributed by atoms with Crippen LogP contribution in [0.1, 0.15) is 11.1 Å². The monoisotopic (exact) mass is 244 g/mol. The van der Waals surface area contributed by atoms with Crippen molar-refractivity contribution >= 4 is 23.5 Å². The van der Waals surface area contributed by atoms with Crippen LogP contribution in [-0.4, -0.2) is 6.21 Å². The van der Waals surface area contributed by atoms with Gasteiger partial charge in [-0.2, -0.15) is 5.10 Å². The Morgan fingerprint density at radius 3 is 2.71 bits per heavy atom. The molecule has 3 heteroatoms. The molecule has 0 atom stereocenters. The van der Waals surface area contributed by atoms with E-state index in [9.17, 15) is 0 Å². The zero-order valence-corrected chi connectivity index (χ0v) is 10.3. The molecule has 86 valence electrons. The highest BCUT2D eigenvalue weighted by Gasteiger charge is 1.93. The van der Waals surface area contributed by atoms with Gasteiger partial charge in [-0.05, 0) is 36.2 Å².